The minimum absolute atomic E-state index is 0.385. The minimum Gasteiger partial charge on any atom is -0.330 e. The van der Waals surface area contributed by atoms with Crippen LogP contribution in [0.1, 0.15) is 28.5 Å². The fraction of sp³-hybridized carbons (Fsp3) is 0.200. The number of carbonyl (C=O) groups excluding carboxylic acids is 1. The number of rotatable bonds is 2. The Morgan fingerprint density at radius 3 is 2.57 bits per heavy atom. The Kier molecular flexibility index (Phi) is 3.37. The molecule has 0 radical (unpaired) electrons. The van der Waals surface area contributed by atoms with Crippen molar-refractivity contribution < 1.29 is 18.0 Å². The van der Waals surface area contributed by atoms with Crippen molar-refractivity contribution in [2.24, 2.45) is 0 Å². The molecular weight excluding hydrogens is 281 g/mol. The van der Waals surface area contributed by atoms with Gasteiger partial charge in [0.05, 0.1) is 12.2 Å². The largest absolute Gasteiger partial charge is 0.330 e. The smallest absolute Gasteiger partial charge is 0.276 e. The number of aromatic nitrogens is 1. The molecule has 0 spiro atoms. The molecule has 108 valence electrons. The molecule has 1 fully saturated rings. The predicted octanol–water partition coefficient (Wildman–Crippen LogP) is 3.09. The highest BCUT2D eigenvalue weighted by Gasteiger charge is 2.36. The van der Waals surface area contributed by atoms with Gasteiger partial charge in [-0.05, 0) is 12.5 Å². The second-order valence-corrected chi connectivity index (χ2v) is 4.81. The fourth-order valence-electron chi connectivity index (χ4n) is 2.41. The molecule has 2 aromatic rings. The van der Waals surface area contributed by atoms with Crippen LogP contribution in [-0.2, 0) is 0 Å². The highest BCUT2D eigenvalue weighted by atomic mass is 19.1. The SMILES string of the molecule is O=C(c1ncc(F)cc1F)N1CC[C@H]1c1ccccc1F. The number of halogens is 3. The number of pyridine rings is 1. The van der Waals surface area contributed by atoms with Crippen LogP contribution in [0.4, 0.5) is 13.2 Å². The Morgan fingerprint density at radius 1 is 1.19 bits per heavy atom. The van der Waals surface area contributed by atoms with Crippen LogP contribution in [-0.4, -0.2) is 22.3 Å². The lowest BCUT2D eigenvalue weighted by Crippen LogP contribution is -2.46. The van der Waals surface area contributed by atoms with Gasteiger partial charge in [-0.25, -0.2) is 18.2 Å². The molecule has 1 aliphatic rings. The summed E-state index contributed by atoms with van der Waals surface area (Å²) in [5, 5.41) is 0. The molecular formula is C15H11F3N2O. The Bertz CT molecular complexity index is 705. The summed E-state index contributed by atoms with van der Waals surface area (Å²) in [6.45, 7) is 0.385. The molecule has 1 aliphatic heterocycles. The number of hydrogen-bond acceptors (Lipinski definition) is 2. The normalized spacial score (nSPS) is 17.5. The number of nitrogens with zero attached hydrogens (tertiary/aromatic N) is 2. The van der Waals surface area contributed by atoms with E-state index in [1.807, 2.05) is 0 Å². The van der Waals surface area contributed by atoms with E-state index in [-0.39, 0.29) is 0 Å². The molecule has 1 atom stereocenters. The molecule has 0 N–H and O–H groups in total. The zero-order valence-corrected chi connectivity index (χ0v) is 10.9. The van der Waals surface area contributed by atoms with Gasteiger partial charge in [0.1, 0.15) is 11.6 Å². The molecule has 1 amide bonds. The number of benzene rings is 1. The summed E-state index contributed by atoms with van der Waals surface area (Å²) >= 11 is 0. The first-order valence-electron chi connectivity index (χ1n) is 6.44. The lowest BCUT2D eigenvalue weighted by atomic mass is 9.93. The van der Waals surface area contributed by atoms with E-state index in [9.17, 15) is 18.0 Å². The summed E-state index contributed by atoms with van der Waals surface area (Å²) in [6.07, 6.45) is 1.38. The van der Waals surface area contributed by atoms with Crippen LogP contribution >= 0.6 is 0 Å². The molecule has 0 aliphatic carbocycles. The van der Waals surface area contributed by atoms with Gasteiger partial charge in [-0.3, -0.25) is 4.79 Å². The van der Waals surface area contributed by atoms with Gasteiger partial charge in [0.15, 0.2) is 11.5 Å². The molecule has 3 nitrogen and oxygen atoms in total. The number of amides is 1. The van der Waals surface area contributed by atoms with Crippen LogP contribution in [0.15, 0.2) is 36.5 Å². The molecule has 0 saturated carbocycles. The van der Waals surface area contributed by atoms with Crippen molar-refractivity contribution in [3.8, 4) is 0 Å². The summed E-state index contributed by atoms with van der Waals surface area (Å²) in [7, 11) is 0. The van der Waals surface area contributed by atoms with Crippen molar-refractivity contribution in [2.75, 3.05) is 6.54 Å². The molecule has 1 aromatic heterocycles. The number of likely N-dealkylation sites (tertiary alicyclic amines) is 1. The lowest BCUT2D eigenvalue weighted by Gasteiger charge is -2.41. The van der Waals surface area contributed by atoms with Crippen LogP contribution in [0.3, 0.4) is 0 Å². The maximum absolute atomic E-state index is 13.8. The van der Waals surface area contributed by atoms with Crippen molar-refractivity contribution >= 4 is 5.91 Å². The first-order chi connectivity index (χ1) is 10.1. The highest BCUT2D eigenvalue weighted by molar-refractivity contribution is 5.93. The van der Waals surface area contributed by atoms with Crippen molar-refractivity contribution in [3.63, 3.8) is 0 Å². The molecule has 0 bridgehead atoms. The fourth-order valence-corrected chi connectivity index (χ4v) is 2.41. The van der Waals surface area contributed by atoms with Gasteiger partial charge in [-0.15, -0.1) is 0 Å². The van der Waals surface area contributed by atoms with Crippen LogP contribution in [0.5, 0.6) is 0 Å². The van der Waals surface area contributed by atoms with Crippen molar-refractivity contribution in [3.05, 3.63) is 65.2 Å². The maximum atomic E-state index is 13.8. The highest BCUT2D eigenvalue weighted by Crippen LogP contribution is 2.35. The third-order valence-electron chi connectivity index (χ3n) is 3.56. The Balaban J connectivity index is 1.87. The van der Waals surface area contributed by atoms with Gasteiger partial charge in [0, 0.05) is 18.2 Å². The van der Waals surface area contributed by atoms with E-state index in [0.717, 1.165) is 6.20 Å². The van der Waals surface area contributed by atoms with E-state index in [2.05, 4.69) is 4.98 Å². The lowest BCUT2D eigenvalue weighted by molar-refractivity contribution is 0.0441. The average molecular weight is 292 g/mol. The summed E-state index contributed by atoms with van der Waals surface area (Å²) < 4.78 is 40.2. The average Bonchev–Trinajstić information content (AvgIpc) is 2.40. The summed E-state index contributed by atoms with van der Waals surface area (Å²) in [4.78, 5) is 17.1. The van der Waals surface area contributed by atoms with Crippen LogP contribution in [0.25, 0.3) is 0 Å². The Morgan fingerprint density at radius 2 is 1.95 bits per heavy atom. The van der Waals surface area contributed by atoms with Crippen molar-refractivity contribution in [2.45, 2.75) is 12.5 Å². The summed E-state index contributed by atoms with van der Waals surface area (Å²) in [5.74, 6) is -2.93. The minimum atomic E-state index is -1.01. The van der Waals surface area contributed by atoms with Crippen LogP contribution in [0, 0.1) is 17.5 Å². The standard InChI is InChI=1S/C15H11F3N2O/c16-9-7-12(18)14(19-8-9)15(21)20-6-5-13(20)10-3-1-2-4-11(10)17/h1-4,7-8,13H,5-6H2/t13-/m0/s1. The molecule has 1 saturated heterocycles. The summed E-state index contributed by atoms with van der Waals surface area (Å²) in [6, 6.07) is 6.31. The van der Waals surface area contributed by atoms with E-state index in [1.165, 1.54) is 11.0 Å². The van der Waals surface area contributed by atoms with Crippen molar-refractivity contribution in [1.29, 1.82) is 0 Å². The zero-order valence-electron chi connectivity index (χ0n) is 10.9. The molecule has 21 heavy (non-hydrogen) atoms. The van der Waals surface area contributed by atoms with E-state index in [4.69, 9.17) is 0 Å². The van der Waals surface area contributed by atoms with E-state index < -0.39 is 35.1 Å². The quantitative estimate of drug-likeness (QED) is 0.852. The van der Waals surface area contributed by atoms with Crippen LogP contribution < -0.4 is 0 Å². The van der Waals surface area contributed by atoms with E-state index in [0.29, 0.717) is 24.6 Å². The second kappa shape index (κ2) is 5.20. The third kappa shape index (κ3) is 2.37. The van der Waals surface area contributed by atoms with E-state index in [1.54, 1.807) is 18.2 Å². The molecule has 1 aromatic carbocycles. The molecule has 3 rings (SSSR count). The molecule has 6 heteroatoms. The Hall–Kier alpha value is -2.37. The van der Waals surface area contributed by atoms with Crippen LogP contribution in [0.2, 0.25) is 0 Å². The monoisotopic (exact) mass is 292 g/mol. The van der Waals surface area contributed by atoms with E-state index >= 15 is 0 Å². The van der Waals surface area contributed by atoms with Gasteiger partial charge < -0.3 is 4.90 Å². The van der Waals surface area contributed by atoms with Gasteiger partial charge in [-0.1, -0.05) is 18.2 Å². The number of carbonyl (C=O) groups is 1. The predicted molar refractivity (Wildman–Crippen MR) is 68.9 cm³/mol. The third-order valence-corrected chi connectivity index (χ3v) is 3.56. The molecule has 0 unspecified atom stereocenters. The number of hydrogen-bond donors (Lipinski definition) is 0. The van der Waals surface area contributed by atoms with Gasteiger partial charge in [0.2, 0.25) is 0 Å². The second-order valence-electron chi connectivity index (χ2n) is 4.81. The van der Waals surface area contributed by atoms with Gasteiger partial charge >= 0.3 is 0 Å². The van der Waals surface area contributed by atoms with Gasteiger partial charge in [-0.2, -0.15) is 0 Å². The first kappa shape index (κ1) is 13.6. The van der Waals surface area contributed by atoms with Crippen molar-refractivity contribution in [1.82, 2.24) is 9.88 Å². The maximum Gasteiger partial charge on any atom is 0.276 e. The van der Waals surface area contributed by atoms with Gasteiger partial charge in [0.25, 0.3) is 5.91 Å². The summed E-state index contributed by atoms with van der Waals surface area (Å²) in [5.41, 5.74) is -0.0583. The topological polar surface area (TPSA) is 33.2 Å². The molecule has 2 heterocycles. The Labute approximate surface area is 119 Å². The zero-order chi connectivity index (χ0) is 15.0. The first-order valence-corrected chi connectivity index (χ1v) is 6.44.